The molecule has 1 aliphatic rings. The normalized spacial score (nSPS) is 16.0. The van der Waals surface area contributed by atoms with Gasteiger partial charge in [0.05, 0.1) is 6.04 Å². The first kappa shape index (κ1) is 21.2. The molecule has 1 atom stereocenters. The van der Waals surface area contributed by atoms with Gasteiger partial charge in [0, 0.05) is 18.8 Å². The molecule has 4 nitrogen and oxygen atoms in total. The van der Waals surface area contributed by atoms with E-state index in [0.717, 1.165) is 30.3 Å². The number of hydrogen-bond donors (Lipinski definition) is 1. The second kappa shape index (κ2) is 9.82. The van der Waals surface area contributed by atoms with E-state index >= 15 is 0 Å². The van der Waals surface area contributed by atoms with E-state index in [9.17, 15) is 4.79 Å². The number of nitrogens with one attached hydrogen (secondary N) is 1. The Morgan fingerprint density at radius 2 is 1.59 bits per heavy atom. The van der Waals surface area contributed by atoms with Gasteiger partial charge in [0.2, 0.25) is 0 Å². The topological polar surface area (TPSA) is 41.6 Å². The van der Waals surface area contributed by atoms with Crippen molar-refractivity contribution in [2.75, 3.05) is 24.6 Å². The van der Waals surface area contributed by atoms with Crippen LogP contribution in [0.2, 0.25) is 0 Å². The van der Waals surface area contributed by atoms with Gasteiger partial charge < -0.3 is 15.0 Å². The lowest BCUT2D eigenvalue weighted by Crippen LogP contribution is -2.33. The van der Waals surface area contributed by atoms with Crippen LogP contribution in [-0.2, 0) is 4.79 Å². The molecule has 0 spiro atoms. The molecule has 29 heavy (non-hydrogen) atoms. The molecule has 0 aliphatic carbocycles. The first-order valence-electron chi connectivity index (χ1n) is 10.8. The summed E-state index contributed by atoms with van der Waals surface area (Å²) in [6.45, 7) is 10.9. The number of ether oxygens (including phenoxy) is 1. The predicted octanol–water partition coefficient (Wildman–Crippen LogP) is 5.30. The Labute approximate surface area is 175 Å². The van der Waals surface area contributed by atoms with Gasteiger partial charge in [-0.15, -0.1) is 0 Å². The fourth-order valence-electron chi connectivity index (χ4n) is 3.70. The highest BCUT2D eigenvalue weighted by molar-refractivity contribution is 5.78. The number of benzene rings is 2. The second-order valence-corrected chi connectivity index (χ2v) is 8.56. The summed E-state index contributed by atoms with van der Waals surface area (Å²) in [7, 11) is 0. The molecule has 0 saturated carbocycles. The molecule has 1 unspecified atom stereocenters. The van der Waals surface area contributed by atoms with Crippen LogP contribution in [0.1, 0.15) is 63.6 Å². The summed E-state index contributed by atoms with van der Waals surface area (Å²) >= 11 is 0. The van der Waals surface area contributed by atoms with Crippen molar-refractivity contribution >= 4 is 11.6 Å². The quantitative estimate of drug-likeness (QED) is 0.693. The first-order chi connectivity index (χ1) is 13.9. The predicted molar refractivity (Wildman–Crippen MR) is 120 cm³/mol. The number of piperidine rings is 1. The zero-order chi connectivity index (χ0) is 20.8. The van der Waals surface area contributed by atoms with Crippen molar-refractivity contribution in [3.63, 3.8) is 0 Å². The Hall–Kier alpha value is -2.49. The van der Waals surface area contributed by atoms with Crippen LogP contribution in [0.3, 0.4) is 0 Å². The number of amides is 1. The third-order valence-corrected chi connectivity index (χ3v) is 5.84. The zero-order valence-corrected chi connectivity index (χ0v) is 18.2. The van der Waals surface area contributed by atoms with Crippen LogP contribution >= 0.6 is 0 Å². The molecule has 1 N–H and O–H groups in total. The summed E-state index contributed by atoms with van der Waals surface area (Å²) in [5.74, 6) is 1.92. The molecule has 156 valence electrons. The van der Waals surface area contributed by atoms with E-state index in [4.69, 9.17) is 4.74 Å². The molecule has 1 saturated heterocycles. The summed E-state index contributed by atoms with van der Waals surface area (Å²) in [5.41, 5.74) is 3.64. The maximum absolute atomic E-state index is 12.3. The summed E-state index contributed by atoms with van der Waals surface area (Å²) < 4.78 is 5.63. The van der Waals surface area contributed by atoms with Gasteiger partial charge in [-0.3, -0.25) is 4.79 Å². The van der Waals surface area contributed by atoms with Gasteiger partial charge in [-0.25, -0.2) is 0 Å². The summed E-state index contributed by atoms with van der Waals surface area (Å²) in [6.07, 6.45) is 2.52. The molecular weight excluding hydrogens is 360 g/mol. The summed E-state index contributed by atoms with van der Waals surface area (Å²) in [5, 5.41) is 3.02. The number of hydrogen-bond acceptors (Lipinski definition) is 3. The Kier molecular flexibility index (Phi) is 7.18. The Morgan fingerprint density at radius 1 is 1.00 bits per heavy atom. The van der Waals surface area contributed by atoms with E-state index in [1.807, 2.05) is 31.2 Å². The number of rotatable bonds is 7. The number of carbonyl (C=O) groups excluding carboxylic acids is 1. The van der Waals surface area contributed by atoms with Gasteiger partial charge in [-0.1, -0.05) is 45.0 Å². The Morgan fingerprint density at radius 3 is 2.17 bits per heavy atom. The van der Waals surface area contributed by atoms with Crippen LogP contribution in [0.15, 0.2) is 48.5 Å². The third-order valence-electron chi connectivity index (χ3n) is 5.84. The van der Waals surface area contributed by atoms with Gasteiger partial charge in [-0.05, 0) is 67.0 Å². The lowest BCUT2D eigenvalue weighted by Gasteiger charge is -2.32. The average Bonchev–Trinajstić information content (AvgIpc) is 2.73. The van der Waals surface area contributed by atoms with Gasteiger partial charge in [0.1, 0.15) is 5.75 Å². The molecule has 1 aliphatic heterocycles. The standard InChI is InChI=1S/C25H34N2O2/c1-18(2)21-7-11-24(12-8-21)29-17-25(28)26-20(4)22-5-9-23(10-6-22)27-15-13-19(3)14-16-27/h5-12,18-20H,13-17H2,1-4H3,(H,26,28). The monoisotopic (exact) mass is 394 g/mol. The average molecular weight is 395 g/mol. The minimum atomic E-state index is -0.112. The van der Waals surface area contributed by atoms with Gasteiger partial charge in [0.25, 0.3) is 5.91 Å². The first-order valence-corrected chi connectivity index (χ1v) is 10.8. The third kappa shape index (κ3) is 5.99. The van der Waals surface area contributed by atoms with Crippen LogP contribution in [0.4, 0.5) is 5.69 Å². The zero-order valence-electron chi connectivity index (χ0n) is 18.2. The van der Waals surface area contributed by atoms with Crippen molar-refractivity contribution in [3.05, 3.63) is 59.7 Å². The molecule has 4 heteroatoms. The highest BCUT2D eigenvalue weighted by Crippen LogP contribution is 2.24. The van der Waals surface area contributed by atoms with E-state index in [2.05, 4.69) is 55.3 Å². The number of carbonyl (C=O) groups is 1. The molecule has 0 bridgehead atoms. The highest BCUT2D eigenvalue weighted by Gasteiger charge is 2.16. The molecule has 0 radical (unpaired) electrons. The van der Waals surface area contributed by atoms with Crippen LogP contribution in [0.25, 0.3) is 0 Å². The fraction of sp³-hybridized carbons (Fsp3) is 0.480. The maximum atomic E-state index is 12.3. The van der Waals surface area contributed by atoms with Crippen LogP contribution in [0.5, 0.6) is 5.75 Å². The van der Waals surface area contributed by atoms with Crippen molar-refractivity contribution in [2.24, 2.45) is 5.92 Å². The number of nitrogens with zero attached hydrogens (tertiary/aromatic N) is 1. The molecule has 1 fully saturated rings. The molecule has 1 heterocycles. The van der Waals surface area contributed by atoms with E-state index in [-0.39, 0.29) is 18.6 Å². The lowest BCUT2D eigenvalue weighted by atomic mass is 9.98. The van der Waals surface area contributed by atoms with Crippen LogP contribution < -0.4 is 15.0 Å². The molecule has 1 amide bonds. The van der Waals surface area contributed by atoms with E-state index in [1.165, 1.54) is 24.1 Å². The van der Waals surface area contributed by atoms with Crippen molar-refractivity contribution in [1.82, 2.24) is 5.32 Å². The van der Waals surface area contributed by atoms with Crippen molar-refractivity contribution < 1.29 is 9.53 Å². The molecule has 2 aromatic carbocycles. The second-order valence-electron chi connectivity index (χ2n) is 8.56. The van der Waals surface area contributed by atoms with Gasteiger partial charge in [0.15, 0.2) is 6.61 Å². The Bertz CT molecular complexity index is 775. The summed E-state index contributed by atoms with van der Waals surface area (Å²) in [6, 6.07) is 16.5. The molecule has 3 rings (SSSR count). The number of anilines is 1. The SMILES string of the molecule is CC1CCN(c2ccc(C(C)NC(=O)COc3ccc(C(C)C)cc3)cc2)CC1. The minimum Gasteiger partial charge on any atom is -0.484 e. The largest absolute Gasteiger partial charge is 0.484 e. The van der Waals surface area contributed by atoms with Crippen LogP contribution in [-0.4, -0.2) is 25.6 Å². The maximum Gasteiger partial charge on any atom is 0.258 e. The van der Waals surface area contributed by atoms with E-state index < -0.39 is 0 Å². The van der Waals surface area contributed by atoms with E-state index in [1.54, 1.807) is 0 Å². The van der Waals surface area contributed by atoms with Crippen molar-refractivity contribution in [1.29, 1.82) is 0 Å². The van der Waals surface area contributed by atoms with Crippen molar-refractivity contribution in [3.8, 4) is 5.75 Å². The van der Waals surface area contributed by atoms with Crippen LogP contribution in [0, 0.1) is 5.92 Å². The minimum absolute atomic E-state index is 0.0232. The van der Waals surface area contributed by atoms with Gasteiger partial charge in [-0.2, -0.15) is 0 Å². The smallest absolute Gasteiger partial charge is 0.258 e. The molecule has 0 aromatic heterocycles. The lowest BCUT2D eigenvalue weighted by molar-refractivity contribution is -0.123. The highest BCUT2D eigenvalue weighted by atomic mass is 16.5. The summed E-state index contributed by atoms with van der Waals surface area (Å²) in [4.78, 5) is 14.7. The van der Waals surface area contributed by atoms with E-state index in [0.29, 0.717) is 5.92 Å². The van der Waals surface area contributed by atoms with Crippen molar-refractivity contribution in [2.45, 2.75) is 52.5 Å². The fourth-order valence-corrected chi connectivity index (χ4v) is 3.70. The molecular formula is C25H34N2O2. The van der Waals surface area contributed by atoms with Gasteiger partial charge >= 0.3 is 0 Å². The molecule has 2 aromatic rings. The Balaban J connectivity index is 1.47.